The van der Waals surface area contributed by atoms with Crippen LogP contribution in [0, 0.1) is 30.6 Å². The Bertz CT molecular complexity index is 991. The van der Waals surface area contributed by atoms with E-state index in [0.717, 1.165) is 23.3 Å². The minimum absolute atomic E-state index is 0.0503. The van der Waals surface area contributed by atoms with Crippen LogP contribution in [0.5, 0.6) is 0 Å². The number of nitrogens with one attached hydrogen (secondary N) is 2. The van der Waals surface area contributed by atoms with Crippen molar-refractivity contribution in [3.05, 3.63) is 59.3 Å². The third-order valence-corrected chi connectivity index (χ3v) is 8.20. The predicted molar refractivity (Wildman–Crippen MR) is 130 cm³/mol. The molecule has 5 heteroatoms. The lowest BCUT2D eigenvalue weighted by Crippen LogP contribution is -2.48. The highest BCUT2D eigenvalue weighted by Crippen LogP contribution is 2.60. The summed E-state index contributed by atoms with van der Waals surface area (Å²) in [5.74, 6) is 2.67. The summed E-state index contributed by atoms with van der Waals surface area (Å²) in [6.45, 7) is 5.82. The van der Waals surface area contributed by atoms with Gasteiger partial charge in [-0.05, 0) is 104 Å². The average molecular weight is 446 g/mol. The number of benzene rings is 1. The number of amides is 2. The highest BCUT2D eigenvalue weighted by atomic mass is 16.2. The first-order valence-corrected chi connectivity index (χ1v) is 12.5. The molecule has 0 aliphatic heterocycles. The summed E-state index contributed by atoms with van der Waals surface area (Å²) in [5, 5.41) is 5.77. The van der Waals surface area contributed by atoms with Gasteiger partial charge in [0.1, 0.15) is 11.9 Å². The number of rotatable bonds is 6. The van der Waals surface area contributed by atoms with E-state index in [1.807, 2.05) is 39.0 Å². The van der Waals surface area contributed by atoms with E-state index in [1.54, 1.807) is 12.3 Å². The van der Waals surface area contributed by atoms with Crippen molar-refractivity contribution in [2.45, 2.75) is 70.8 Å². The first kappa shape index (κ1) is 22.1. The van der Waals surface area contributed by atoms with Crippen molar-refractivity contribution in [3.63, 3.8) is 0 Å². The maximum Gasteiger partial charge on any atom is 0.251 e. The van der Waals surface area contributed by atoms with Crippen molar-refractivity contribution >= 4 is 17.6 Å². The Hall–Kier alpha value is -2.69. The monoisotopic (exact) mass is 445 g/mol. The van der Waals surface area contributed by atoms with Crippen LogP contribution in [-0.2, 0) is 10.2 Å². The quantitative estimate of drug-likeness (QED) is 0.638. The number of pyridine rings is 1. The van der Waals surface area contributed by atoms with Crippen LogP contribution in [0.15, 0.2) is 42.6 Å². The highest BCUT2D eigenvalue weighted by Gasteiger charge is 2.51. The number of hydrogen-bond acceptors (Lipinski definition) is 3. The van der Waals surface area contributed by atoms with Crippen LogP contribution in [0.4, 0.5) is 5.82 Å². The van der Waals surface area contributed by atoms with E-state index < -0.39 is 6.04 Å². The third-order valence-electron chi connectivity index (χ3n) is 8.20. The molecule has 4 aliphatic carbocycles. The van der Waals surface area contributed by atoms with Gasteiger partial charge < -0.3 is 10.6 Å². The number of carbonyl (C=O) groups is 2. The van der Waals surface area contributed by atoms with E-state index in [2.05, 4.69) is 27.8 Å². The molecular formula is C28H35N3O2. The zero-order chi connectivity index (χ0) is 23.2. The summed E-state index contributed by atoms with van der Waals surface area (Å²) in [7, 11) is 0. The molecule has 1 heterocycles. The molecule has 2 amide bonds. The van der Waals surface area contributed by atoms with Crippen LogP contribution in [0.25, 0.3) is 0 Å². The zero-order valence-electron chi connectivity index (χ0n) is 19.9. The molecule has 0 saturated heterocycles. The molecule has 1 aromatic carbocycles. The van der Waals surface area contributed by atoms with Gasteiger partial charge in [0.2, 0.25) is 5.91 Å². The Balaban J connectivity index is 1.26. The lowest BCUT2D eigenvalue weighted by atomic mass is 9.48. The van der Waals surface area contributed by atoms with Crippen LogP contribution in [-0.4, -0.2) is 22.8 Å². The summed E-state index contributed by atoms with van der Waals surface area (Å²) in [6, 6.07) is 11.3. The van der Waals surface area contributed by atoms with Crippen molar-refractivity contribution in [2.75, 3.05) is 5.32 Å². The second-order valence-corrected chi connectivity index (χ2v) is 11.2. The van der Waals surface area contributed by atoms with Gasteiger partial charge in [0.15, 0.2) is 0 Å². The van der Waals surface area contributed by atoms with E-state index in [9.17, 15) is 9.59 Å². The largest absolute Gasteiger partial charge is 0.340 e. The molecule has 174 valence electrons. The van der Waals surface area contributed by atoms with Crippen LogP contribution >= 0.6 is 0 Å². The second kappa shape index (κ2) is 8.58. The molecule has 0 unspecified atom stereocenters. The number of carbonyl (C=O) groups excluding carboxylic acids is 2. The van der Waals surface area contributed by atoms with Crippen molar-refractivity contribution in [1.82, 2.24) is 10.3 Å². The van der Waals surface area contributed by atoms with Gasteiger partial charge >= 0.3 is 0 Å². The molecule has 4 aliphatic rings. The molecule has 6 rings (SSSR count). The summed E-state index contributed by atoms with van der Waals surface area (Å²) in [6.07, 6.45) is 9.93. The third kappa shape index (κ3) is 4.42. The number of hydrogen-bond donors (Lipinski definition) is 2. The molecule has 4 fully saturated rings. The minimum atomic E-state index is -0.636. The number of aromatic nitrogens is 1. The van der Waals surface area contributed by atoms with E-state index in [1.165, 1.54) is 44.1 Å². The van der Waals surface area contributed by atoms with Crippen molar-refractivity contribution in [3.8, 4) is 0 Å². The lowest BCUT2D eigenvalue weighted by molar-refractivity contribution is -0.118. The van der Waals surface area contributed by atoms with Crippen LogP contribution in [0.2, 0.25) is 0 Å². The fraction of sp³-hybridized carbons (Fsp3) is 0.536. The maximum atomic E-state index is 13.0. The van der Waals surface area contributed by atoms with Crippen molar-refractivity contribution in [1.29, 1.82) is 0 Å². The summed E-state index contributed by atoms with van der Waals surface area (Å²) in [4.78, 5) is 30.1. The first-order valence-electron chi connectivity index (χ1n) is 12.5. The van der Waals surface area contributed by atoms with Crippen LogP contribution in [0.1, 0.15) is 73.9 Å². The normalized spacial score (nSPS) is 28.5. The molecule has 5 nitrogen and oxygen atoms in total. The van der Waals surface area contributed by atoms with E-state index >= 15 is 0 Å². The van der Waals surface area contributed by atoms with Crippen molar-refractivity contribution in [2.24, 2.45) is 23.7 Å². The fourth-order valence-corrected chi connectivity index (χ4v) is 6.94. The van der Waals surface area contributed by atoms with Gasteiger partial charge in [-0.3, -0.25) is 9.59 Å². The summed E-state index contributed by atoms with van der Waals surface area (Å²) in [5.41, 5.74) is 3.36. The SMILES string of the molecule is Cc1ccc(NC(=O)[C@@H](NC(=O)c2ccc(C34CC5CC(CC(C5)C3)C4)cc2)C(C)C)nc1. The topological polar surface area (TPSA) is 71.1 Å². The smallest absolute Gasteiger partial charge is 0.251 e. The fourth-order valence-electron chi connectivity index (χ4n) is 6.94. The van der Waals surface area contributed by atoms with E-state index in [4.69, 9.17) is 0 Å². The van der Waals surface area contributed by atoms with E-state index in [0.29, 0.717) is 16.8 Å². The average Bonchev–Trinajstić information content (AvgIpc) is 2.78. The van der Waals surface area contributed by atoms with Gasteiger partial charge in [-0.25, -0.2) is 4.98 Å². The maximum absolute atomic E-state index is 13.0. The van der Waals surface area contributed by atoms with Gasteiger partial charge in [-0.15, -0.1) is 0 Å². The molecule has 1 atom stereocenters. The van der Waals surface area contributed by atoms with Gasteiger partial charge in [0.05, 0.1) is 0 Å². The number of aryl methyl sites for hydroxylation is 1. The van der Waals surface area contributed by atoms with Gasteiger partial charge in [0.25, 0.3) is 5.91 Å². The molecule has 1 aromatic heterocycles. The Morgan fingerprint density at radius 1 is 0.939 bits per heavy atom. The zero-order valence-corrected chi connectivity index (χ0v) is 19.9. The predicted octanol–water partition coefficient (Wildman–Crippen LogP) is 5.25. The molecular weight excluding hydrogens is 410 g/mol. The Labute approximate surface area is 196 Å². The molecule has 0 spiro atoms. The Morgan fingerprint density at radius 3 is 2.06 bits per heavy atom. The van der Waals surface area contributed by atoms with Gasteiger partial charge in [0, 0.05) is 11.8 Å². The molecule has 4 bridgehead atoms. The van der Waals surface area contributed by atoms with Crippen LogP contribution < -0.4 is 10.6 Å². The number of nitrogens with zero attached hydrogens (tertiary/aromatic N) is 1. The molecule has 2 N–H and O–H groups in total. The minimum Gasteiger partial charge on any atom is -0.340 e. The van der Waals surface area contributed by atoms with Crippen LogP contribution in [0.3, 0.4) is 0 Å². The molecule has 4 saturated carbocycles. The lowest BCUT2D eigenvalue weighted by Gasteiger charge is -2.57. The Kier molecular flexibility index (Phi) is 5.75. The molecule has 0 radical (unpaired) electrons. The van der Waals surface area contributed by atoms with E-state index in [-0.39, 0.29) is 17.7 Å². The number of anilines is 1. The highest BCUT2D eigenvalue weighted by molar-refractivity contribution is 6.01. The standard InChI is InChI=1S/C28H35N3O2/c1-17(2)25(27(33)30-24-9-4-18(3)16-29-24)31-26(32)22-5-7-23(8-6-22)28-13-19-10-20(14-28)12-21(11-19)15-28/h4-9,16-17,19-21,25H,10-15H2,1-3H3,(H,31,32)(H,29,30,33)/t19?,20?,21?,25-,28?/m0/s1. The summed E-state index contributed by atoms with van der Waals surface area (Å²) < 4.78 is 0. The van der Waals surface area contributed by atoms with Gasteiger partial charge in [-0.2, -0.15) is 0 Å². The molecule has 33 heavy (non-hydrogen) atoms. The second-order valence-electron chi connectivity index (χ2n) is 11.2. The molecule has 2 aromatic rings. The van der Waals surface area contributed by atoms with Crippen molar-refractivity contribution < 1.29 is 9.59 Å². The van der Waals surface area contributed by atoms with Gasteiger partial charge in [-0.1, -0.05) is 32.0 Å². The summed E-state index contributed by atoms with van der Waals surface area (Å²) >= 11 is 0. The first-order chi connectivity index (χ1) is 15.8. The Morgan fingerprint density at radius 2 is 1.55 bits per heavy atom.